The van der Waals surface area contributed by atoms with Crippen LogP contribution >= 0.6 is 0 Å². The molecule has 0 radical (unpaired) electrons. The van der Waals surface area contributed by atoms with Crippen LogP contribution in [0.15, 0.2) is 31.0 Å². The highest BCUT2D eigenvalue weighted by Crippen LogP contribution is 2.09. The first-order chi connectivity index (χ1) is 11.2. The van der Waals surface area contributed by atoms with E-state index in [2.05, 4.69) is 30.1 Å². The van der Waals surface area contributed by atoms with Crippen LogP contribution in [0.5, 0.6) is 0 Å². The molecule has 0 spiro atoms. The molecule has 2 aromatic rings. The fourth-order valence-corrected chi connectivity index (χ4v) is 2.62. The number of nitrogens with zero attached hydrogens (tertiary/aromatic N) is 6. The Morgan fingerprint density at radius 2 is 1.96 bits per heavy atom. The van der Waals surface area contributed by atoms with Gasteiger partial charge < -0.3 is 14.8 Å². The van der Waals surface area contributed by atoms with Gasteiger partial charge in [-0.1, -0.05) is 0 Å². The number of hydrogen-bond acceptors (Lipinski definition) is 6. The van der Waals surface area contributed by atoms with Gasteiger partial charge in [-0.2, -0.15) is 0 Å². The minimum absolute atomic E-state index is 0.0821. The van der Waals surface area contributed by atoms with E-state index in [-0.39, 0.29) is 5.91 Å². The molecular formula is C15H21N7O. The molecule has 0 aromatic carbocycles. The molecule has 0 saturated carbocycles. The third-order valence-electron chi connectivity index (χ3n) is 3.97. The first-order valence-corrected chi connectivity index (χ1v) is 7.73. The molecule has 0 atom stereocenters. The predicted molar refractivity (Wildman–Crippen MR) is 86.2 cm³/mol. The van der Waals surface area contributed by atoms with Crippen molar-refractivity contribution in [3.63, 3.8) is 0 Å². The summed E-state index contributed by atoms with van der Waals surface area (Å²) < 4.78 is 1.72. The molecule has 8 nitrogen and oxygen atoms in total. The average molecular weight is 315 g/mol. The summed E-state index contributed by atoms with van der Waals surface area (Å²) in [5, 5.41) is 2.94. The van der Waals surface area contributed by atoms with Crippen LogP contribution in [0.2, 0.25) is 0 Å². The molecule has 122 valence electrons. The number of carbonyl (C=O) groups is 1. The quantitative estimate of drug-likeness (QED) is 0.820. The minimum Gasteiger partial charge on any atom is -0.349 e. The lowest BCUT2D eigenvalue weighted by Crippen LogP contribution is -2.49. The summed E-state index contributed by atoms with van der Waals surface area (Å²) in [6.45, 7) is 5.16. The zero-order chi connectivity index (χ0) is 16.1. The molecule has 0 bridgehead atoms. The van der Waals surface area contributed by atoms with Gasteiger partial charge in [-0.25, -0.2) is 15.0 Å². The highest BCUT2D eigenvalue weighted by molar-refractivity contribution is 5.92. The molecule has 0 aliphatic carbocycles. The molecule has 2 aromatic heterocycles. The maximum absolute atomic E-state index is 12.0. The average Bonchev–Trinajstić information content (AvgIpc) is 3.02. The van der Waals surface area contributed by atoms with Gasteiger partial charge >= 0.3 is 0 Å². The molecule has 1 N–H and O–H groups in total. The van der Waals surface area contributed by atoms with Crippen LogP contribution in [-0.4, -0.2) is 69.6 Å². The van der Waals surface area contributed by atoms with Gasteiger partial charge in [-0.05, 0) is 6.07 Å². The lowest BCUT2D eigenvalue weighted by molar-refractivity contribution is 0.0939. The highest BCUT2D eigenvalue weighted by atomic mass is 16.1. The highest BCUT2D eigenvalue weighted by Gasteiger charge is 2.18. The van der Waals surface area contributed by atoms with E-state index in [0.717, 1.165) is 38.7 Å². The second kappa shape index (κ2) is 7.19. The van der Waals surface area contributed by atoms with Gasteiger partial charge in [0, 0.05) is 58.7 Å². The van der Waals surface area contributed by atoms with E-state index in [9.17, 15) is 4.79 Å². The fraction of sp³-hybridized carbons (Fsp3) is 0.467. The number of aryl methyl sites for hydroxylation is 1. The van der Waals surface area contributed by atoms with Crippen molar-refractivity contribution < 1.29 is 4.79 Å². The van der Waals surface area contributed by atoms with Gasteiger partial charge in [-0.15, -0.1) is 0 Å². The van der Waals surface area contributed by atoms with E-state index >= 15 is 0 Å². The Balaban J connectivity index is 1.40. The number of amides is 1. The normalized spacial score (nSPS) is 15.6. The first-order valence-electron chi connectivity index (χ1n) is 7.73. The van der Waals surface area contributed by atoms with Crippen LogP contribution in [0.3, 0.4) is 0 Å². The molecule has 1 amide bonds. The van der Waals surface area contributed by atoms with Gasteiger partial charge in [-0.3, -0.25) is 9.69 Å². The van der Waals surface area contributed by atoms with Crippen molar-refractivity contribution in [3.05, 3.63) is 36.7 Å². The number of rotatable bonds is 5. The predicted octanol–water partition coefficient (Wildman–Crippen LogP) is -0.238. The Morgan fingerprint density at radius 3 is 2.61 bits per heavy atom. The third-order valence-corrected chi connectivity index (χ3v) is 3.97. The van der Waals surface area contributed by atoms with Crippen molar-refractivity contribution in [3.8, 4) is 0 Å². The molecule has 1 aliphatic heterocycles. The Bertz CT molecular complexity index is 634. The molecular weight excluding hydrogens is 294 g/mol. The number of imidazole rings is 1. The topological polar surface area (TPSA) is 79.2 Å². The summed E-state index contributed by atoms with van der Waals surface area (Å²) in [7, 11) is 1.81. The fourth-order valence-electron chi connectivity index (χ4n) is 2.62. The zero-order valence-electron chi connectivity index (χ0n) is 13.2. The maximum atomic E-state index is 12.0. The molecule has 3 rings (SSSR count). The summed E-state index contributed by atoms with van der Waals surface area (Å²) in [4.78, 5) is 29.0. The van der Waals surface area contributed by atoms with Crippen molar-refractivity contribution in [1.82, 2.24) is 29.7 Å². The van der Waals surface area contributed by atoms with Crippen LogP contribution in [0, 0.1) is 0 Å². The SMILES string of the molecule is Cn1cncc1C(=O)NCCN1CCN(c2ncccn2)CC1. The van der Waals surface area contributed by atoms with Crippen molar-refractivity contribution in [2.45, 2.75) is 0 Å². The summed E-state index contributed by atoms with van der Waals surface area (Å²) in [5.41, 5.74) is 0.580. The van der Waals surface area contributed by atoms with Gasteiger partial charge in [0.2, 0.25) is 5.95 Å². The standard InChI is InChI=1S/C15H21N7O/c1-20-12-16-11-13(20)14(23)17-5-6-21-7-9-22(10-8-21)15-18-3-2-4-19-15/h2-4,11-12H,5-10H2,1H3,(H,17,23). The van der Waals surface area contributed by atoms with Gasteiger partial charge in [0.1, 0.15) is 5.69 Å². The van der Waals surface area contributed by atoms with E-state index in [1.54, 1.807) is 29.5 Å². The van der Waals surface area contributed by atoms with E-state index in [1.165, 1.54) is 0 Å². The van der Waals surface area contributed by atoms with Crippen molar-refractivity contribution in [2.24, 2.45) is 7.05 Å². The summed E-state index contributed by atoms with van der Waals surface area (Å²) in [6, 6.07) is 1.82. The number of piperazine rings is 1. The van der Waals surface area contributed by atoms with E-state index in [4.69, 9.17) is 0 Å². The molecule has 1 aliphatic rings. The summed E-state index contributed by atoms with van der Waals surface area (Å²) >= 11 is 0. The lowest BCUT2D eigenvalue weighted by Gasteiger charge is -2.34. The second-order valence-electron chi connectivity index (χ2n) is 5.52. The van der Waals surface area contributed by atoms with Gasteiger partial charge in [0.25, 0.3) is 5.91 Å². The first kappa shape index (κ1) is 15.4. The minimum atomic E-state index is -0.0821. The summed E-state index contributed by atoms with van der Waals surface area (Å²) in [6.07, 6.45) is 6.74. The largest absolute Gasteiger partial charge is 0.349 e. The number of hydrogen-bond donors (Lipinski definition) is 1. The van der Waals surface area contributed by atoms with Crippen LogP contribution in [0.1, 0.15) is 10.5 Å². The van der Waals surface area contributed by atoms with Crippen molar-refractivity contribution in [2.75, 3.05) is 44.2 Å². The third kappa shape index (κ3) is 3.84. The molecule has 23 heavy (non-hydrogen) atoms. The Morgan fingerprint density at radius 1 is 1.22 bits per heavy atom. The Kier molecular flexibility index (Phi) is 4.82. The van der Waals surface area contributed by atoms with Gasteiger partial charge in [0.05, 0.1) is 12.5 Å². The molecule has 0 unspecified atom stereocenters. The monoisotopic (exact) mass is 315 g/mol. The number of anilines is 1. The summed E-state index contributed by atoms with van der Waals surface area (Å²) in [5.74, 6) is 0.706. The molecule has 3 heterocycles. The Labute approximate surface area is 135 Å². The molecule has 1 saturated heterocycles. The van der Waals surface area contributed by atoms with Crippen LogP contribution in [0.4, 0.5) is 5.95 Å². The lowest BCUT2D eigenvalue weighted by atomic mass is 10.3. The van der Waals surface area contributed by atoms with Crippen LogP contribution < -0.4 is 10.2 Å². The number of aromatic nitrogens is 4. The van der Waals surface area contributed by atoms with Crippen molar-refractivity contribution >= 4 is 11.9 Å². The molecule has 8 heteroatoms. The number of nitrogens with one attached hydrogen (secondary N) is 1. The van der Waals surface area contributed by atoms with Crippen molar-refractivity contribution in [1.29, 1.82) is 0 Å². The number of carbonyl (C=O) groups excluding carboxylic acids is 1. The Hall–Kier alpha value is -2.48. The van der Waals surface area contributed by atoms with Crippen LogP contribution in [0.25, 0.3) is 0 Å². The smallest absolute Gasteiger partial charge is 0.269 e. The molecule has 1 fully saturated rings. The van der Waals surface area contributed by atoms with E-state index < -0.39 is 0 Å². The zero-order valence-corrected chi connectivity index (χ0v) is 13.2. The van der Waals surface area contributed by atoms with E-state index in [1.807, 2.05) is 13.1 Å². The van der Waals surface area contributed by atoms with E-state index in [0.29, 0.717) is 12.2 Å². The van der Waals surface area contributed by atoms with Gasteiger partial charge in [0.15, 0.2) is 0 Å². The maximum Gasteiger partial charge on any atom is 0.269 e. The van der Waals surface area contributed by atoms with Crippen LogP contribution in [-0.2, 0) is 7.05 Å². The second-order valence-corrected chi connectivity index (χ2v) is 5.52.